The van der Waals surface area contributed by atoms with Gasteiger partial charge in [0.2, 0.25) is 5.89 Å². The molecule has 0 aliphatic rings. The van der Waals surface area contributed by atoms with Gasteiger partial charge >= 0.3 is 5.97 Å². The first-order valence-corrected chi connectivity index (χ1v) is 9.54. The molecule has 3 rings (SSSR count). The first kappa shape index (κ1) is 20.4. The number of nitrogens with one attached hydrogen (secondary N) is 1. The molecule has 0 saturated heterocycles. The second-order valence-electron chi connectivity index (χ2n) is 6.75. The van der Waals surface area contributed by atoms with Gasteiger partial charge in [-0.05, 0) is 42.7 Å². The number of carboxylic acids is 1. The lowest BCUT2D eigenvalue weighted by atomic mass is 9.92. The highest BCUT2D eigenvalue weighted by atomic mass is 19.1. The largest absolute Gasteiger partial charge is 0.481 e. The molecule has 1 unspecified atom stereocenters. The molecule has 1 aromatic carbocycles. The molecule has 0 bridgehead atoms. The predicted octanol–water partition coefficient (Wildman–Crippen LogP) is 3.84. The van der Waals surface area contributed by atoms with Gasteiger partial charge in [-0.1, -0.05) is 23.4 Å². The highest BCUT2D eigenvalue weighted by Gasteiger charge is 2.20. The van der Waals surface area contributed by atoms with Gasteiger partial charge in [-0.15, -0.1) is 0 Å². The Morgan fingerprint density at radius 1 is 1.17 bits per heavy atom. The van der Waals surface area contributed by atoms with E-state index in [1.165, 1.54) is 12.1 Å². The quantitative estimate of drug-likeness (QED) is 0.473. The monoisotopic (exact) mass is 398 g/mol. The Balaban J connectivity index is 1.48. The number of benzene rings is 1. The zero-order chi connectivity index (χ0) is 20.5. The second-order valence-corrected chi connectivity index (χ2v) is 6.75. The zero-order valence-corrected chi connectivity index (χ0v) is 15.9. The third kappa shape index (κ3) is 6.67. The first-order chi connectivity index (χ1) is 14.1. The second kappa shape index (κ2) is 10.3. The minimum atomic E-state index is -0.931. The van der Waals surface area contributed by atoms with E-state index in [1.807, 2.05) is 18.2 Å². The molecule has 0 spiro atoms. The fourth-order valence-corrected chi connectivity index (χ4v) is 3.03. The molecule has 8 heteroatoms. The van der Waals surface area contributed by atoms with E-state index in [4.69, 9.17) is 4.52 Å². The zero-order valence-electron chi connectivity index (χ0n) is 15.9. The van der Waals surface area contributed by atoms with Crippen LogP contribution in [0.1, 0.15) is 42.5 Å². The minimum absolute atomic E-state index is 0.0947. The van der Waals surface area contributed by atoms with Gasteiger partial charge < -0.3 is 14.9 Å². The lowest BCUT2D eigenvalue weighted by Crippen LogP contribution is -2.09. The van der Waals surface area contributed by atoms with E-state index in [2.05, 4.69) is 20.4 Å². The molecule has 3 aromatic rings. The maximum Gasteiger partial charge on any atom is 0.303 e. The van der Waals surface area contributed by atoms with Gasteiger partial charge in [-0.25, -0.2) is 9.37 Å². The van der Waals surface area contributed by atoms with Crippen molar-refractivity contribution >= 4 is 11.8 Å². The number of hydrogen-bond acceptors (Lipinski definition) is 6. The van der Waals surface area contributed by atoms with Gasteiger partial charge in [0.15, 0.2) is 5.82 Å². The van der Waals surface area contributed by atoms with Crippen LogP contribution >= 0.6 is 0 Å². The summed E-state index contributed by atoms with van der Waals surface area (Å²) < 4.78 is 18.4. The fourth-order valence-electron chi connectivity index (χ4n) is 3.03. The SMILES string of the molecule is O=C(O)CC(Cc1nc(CCCCNc2ccccn2)no1)c1ccc(F)cc1. The Hall–Kier alpha value is -3.29. The third-order valence-electron chi connectivity index (χ3n) is 4.49. The first-order valence-electron chi connectivity index (χ1n) is 9.54. The number of hydrogen-bond donors (Lipinski definition) is 2. The van der Waals surface area contributed by atoms with Crippen LogP contribution in [-0.4, -0.2) is 32.7 Å². The summed E-state index contributed by atoms with van der Waals surface area (Å²) in [7, 11) is 0. The van der Waals surface area contributed by atoms with E-state index in [0.29, 0.717) is 24.6 Å². The van der Waals surface area contributed by atoms with E-state index in [1.54, 1.807) is 18.3 Å². The molecular weight excluding hydrogens is 375 g/mol. The van der Waals surface area contributed by atoms with Crippen molar-refractivity contribution < 1.29 is 18.8 Å². The van der Waals surface area contributed by atoms with Crippen molar-refractivity contribution in [2.24, 2.45) is 0 Å². The number of carbonyl (C=O) groups is 1. The summed E-state index contributed by atoms with van der Waals surface area (Å²) >= 11 is 0. The molecule has 7 nitrogen and oxygen atoms in total. The number of pyridine rings is 1. The highest BCUT2D eigenvalue weighted by Crippen LogP contribution is 2.24. The molecule has 2 heterocycles. The van der Waals surface area contributed by atoms with Crippen molar-refractivity contribution in [3.63, 3.8) is 0 Å². The van der Waals surface area contributed by atoms with E-state index < -0.39 is 5.97 Å². The normalized spacial score (nSPS) is 11.9. The number of nitrogens with zero attached hydrogens (tertiary/aromatic N) is 3. The van der Waals surface area contributed by atoms with Crippen LogP contribution in [0.3, 0.4) is 0 Å². The van der Waals surface area contributed by atoms with Crippen molar-refractivity contribution in [1.29, 1.82) is 0 Å². The van der Waals surface area contributed by atoms with Crippen molar-refractivity contribution in [1.82, 2.24) is 15.1 Å². The summed E-state index contributed by atoms with van der Waals surface area (Å²) in [5.74, 6) is 0.191. The molecule has 0 aliphatic heterocycles. The molecule has 2 aromatic heterocycles. The van der Waals surface area contributed by atoms with E-state index in [9.17, 15) is 14.3 Å². The van der Waals surface area contributed by atoms with E-state index in [0.717, 1.165) is 30.8 Å². The maximum absolute atomic E-state index is 13.1. The summed E-state index contributed by atoms with van der Waals surface area (Å²) in [5.41, 5.74) is 0.731. The van der Waals surface area contributed by atoms with Crippen LogP contribution in [0.25, 0.3) is 0 Å². The van der Waals surface area contributed by atoms with Gasteiger partial charge in [0, 0.05) is 31.5 Å². The van der Waals surface area contributed by atoms with E-state index in [-0.39, 0.29) is 18.2 Å². The number of unbranched alkanes of at least 4 members (excludes halogenated alkanes) is 1. The number of aromatic nitrogens is 3. The number of carboxylic acid groups (broad SMARTS) is 1. The topological polar surface area (TPSA) is 101 Å². The van der Waals surface area contributed by atoms with Gasteiger partial charge in [0.1, 0.15) is 11.6 Å². The summed E-state index contributed by atoms with van der Waals surface area (Å²) in [5, 5.41) is 16.4. The average molecular weight is 398 g/mol. The van der Waals surface area contributed by atoms with Gasteiger partial charge in [0.05, 0.1) is 6.42 Å². The molecule has 1 atom stereocenters. The van der Waals surface area contributed by atoms with Crippen molar-refractivity contribution in [3.05, 3.63) is 71.8 Å². The van der Waals surface area contributed by atoms with Crippen LogP contribution in [0.5, 0.6) is 0 Å². The average Bonchev–Trinajstić information content (AvgIpc) is 3.15. The molecule has 2 N–H and O–H groups in total. The minimum Gasteiger partial charge on any atom is -0.481 e. The molecular formula is C21H23FN4O3. The van der Waals surface area contributed by atoms with Crippen molar-refractivity contribution in [2.75, 3.05) is 11.9 Å². The molecule has 0 fully saturated rings. The molecule has 0 aliphatic carbocycles. The molecule has 0 radical (unpaired) electrons. The van der Waals surface area contributed by atoms with Gasteiger partial charge in [-0.3, -0.25) is 4.79 Å². The van der Waals surface area contributed by atoms with Crippen LogP contribution < -0.4 is 5.32 Å². The van der Waals surface area contributed by atoms with Gasteiger partial charge in [-0.2, -0.15) is 4.98 Å². The smallest absolute Gasteiger partial charge is 0.303 e. The highest BCUT2D eigenvalue weighted by molar-refractivity contribution is 5.68. The third-order valence-corrected chi connectivity index (χ3v) is 4.49. The van der Waals surface area contributed by atoms with Crippen LogP contribution in [0.2, 0.25) is 0 Å². The Labute approximate surface area is 168 Å². The van der Waals surface area contributed by atoms with Crippen molar-refractivity contribution in [2.45, 2.75) is 38.0 Å². The molecule has 0 saturated carbocycles. The lowest BCUT2D eigenvalue weighted by Gasteiger charge is -2.12. The summed E-state index contributed by atoms with van der Waals surface area (Å²) in [4.78, 5) is 19.8. The van der Waals surface area contributed by atoms with Crippen LogP contribution in [0, 0.1) is 5.82 Å². The maximum atomic E-state index is 13.1. The number of halogens is 1. The lowest BCUT2D eigenvalue weighted by molar-refractivity contribution is -0.137. The Morgan fingerprint density at radius 2 is 2.00 bits per heavy atom. The molecule has 0 amide bonds. The standard InChI is InChI=1S/C21H23FN4O3/c22-17-9-7-15(8-10-17)16(14-21(27)28)13-20-25-19(26-29-20)6-2-4-12-24-18-5-1-3-11-23-18/h1,3,5,7-11,16H,2,4,6,12-14H2,(H,23,24)(H,27,28). The Morgan fingerprint density at radius 3 is 2.72 bits per heavy atom. The van der Waals surface area contributed by atoms with Crippen molar-refractivity contribution in [3.8, 4) is 0 Å². The predicted molar refractivity (Wildman–Crippen MR) is 105 cm³/mol. The summed E-state index contributed by atoms with van der Waals surface area (Å²) in [6.07, 6.45) is 4.43. The fraction of sp³-hybridized carbons (Fsp3) is 0.333. The number of aliphatic carboxylic acids is 1. The van der Waals surface area contributed by atoms with Crippen LogP contribution in [0.4, 0.5) is 10.2 Å². The van der Waals surface area contributed by atoms with Crippen LogP contribution in [-0.2, 0) is 17.6 Å². The summed E-state index contributed by atoms with van der Waals surface area (Å²) in [6.45, 7) is 0.799. The number of aryl methyl sites for hydroxylation is 1. The van der Waals surface area contributed by atoms with Crippen LogP contribution in [0.15, 0.2) is 53.2 Å². The van der Waals surface area contributed by atoms with Gasteiger partial charge in [0.25, 0.3) is 0 Å². The summed E-state index contributed by atoms with van der Waals surface area (Å²) in [6, 6.07) is 11.5. The Bertz CT molecular complexity index is 900. The number of rotatable bonds is 11. The molecule has 29 heavy (non-hydrogen) atoms. The Kier molecular flexibility index (Phi) is 7.27. The molecule has 152 valence electrons. The number of anilines is 1. The van der Waals surface area contributed by atoms with E-state index >= 15 is 0 Å².